The Bertz CT molecular complexity index is 724. The van der Waals surface area contributed by atoms with Gasteiger partial charge in [-0.05, 0) is 61.3 Å². The molecule has 0 radical (unpaired) electrons. The maximum absolute atomic E-state index is 8.90. The minimum absolute atomic E-state index is 0.707. The highest BCUT2D eigenvalue weighted by molar-refractivity contribution is 5.64. The summed E-state index contributed by atoms with van der Waals surface area (Å²) in [5.41, 5.74) is 4.48. The van der Waals surface area contributed by atoms with Gasteiger partial charge in [-0.25, -0.2) is 0 Å². The average Bonchev–Trinajstić information content (AvgIpc) is 3.17. The standard InChI is InChI=1S/C23H29N3/c1-3-26(4-2)23-14-16-25(18-23)15-13-19-5-9-21(10-6-19)22-11-7-20(17-24)8-12-22/h5-12,23H,3-4,13-16,18H2,1-2H3. The first-order chi connectivity index (χ1) is 12.7. The van der Waals surface area contributed by atoms with Gasteiger partial charge in [0.15, 0.2) is 0 Å². The van der Waals surface area contributed by atoms with Gasteiger partial charge in [0.05, 0.1) is 11.6 Å². The molecule has 0 amide bonds. The van der Waals surface area contributed by atoms with Crippen LogP contribution in [0.2, 0.25) is 0 Å². The van der Waals surface area contributed by atoms with Gasteiger partial charge in [0.2, 0.25) is 0 Å². The van der Waals surface area contributed by atoms with Crippen LogP contribution in [0.1, 0.15) is 31.4 Å². The van der Waals surface area contributed by atoms with Crippen molar-refractivity contribution in [1.82, 2.24) is 9.80 Å². The largest absolute Gasteiger partial charge is 0.301 e. The zero-order chi connectivity index (χ0) is 18.4. The monoisotopic (exact) mass is 347 g/mol. The molecule has 26 heavy (non-hydrogen) atoms. The van der Waals surface area contributed by atoms with Gasteiger partial charge in [-0.15, -0.1) is 0 Å². The number of rotatable bonds is 7. The number of nitrogens with zero attached hydrogens (tertiary/aromatic N) is 3. The van der Waals surface area contributed by atoms with Crippen molar-refractivity contribution in [3.05, 3.63) is 59.7 Å². The van der Waals surface area contributed by atoms with E-state index in [9.17, 15) is 0 Å². The molecule has 3 heteroatoms. The smallest absolute Gasteiger partial charge is 0.0991 e. The average molecular weight is 348 g/mol. The summed E-state index contributed by atoms with van der Waals surface area (Å²) in [4.78, 5) is 5.20. The minimum atomic E-state index is 0.707. The van der Waals surface area contributed by atoms with Crippen LogP contribution < -0.4 is 0 Å². The Morgan fingerprint density at radius 2 is 1.62 bits per heavy atom. The van der Waals surface area contributed by atoms with Crippen molar-refractivity contribution in [3.63, 3.8) is 0 Å². The molecule has 0 bridgehead atoms. The molecule has 0 N–H and O–H groups in total. The van der Waals surface area contributed by atoms with Crippen molar-refractivity contribution < 1.29 is 0 Å². The van der Waals surface area contributed by atoms with E-state index < -0.39 is 0 Å². The Labute approximate surface area is 157 Å². The summed E-state index contributed by atoms with van der Waals surface area (Å²) in [6, 6.07) is 19.6. The predicted molar refractivity (Wildman–Crippen MR) is 108 cm³/mol. The number of nitriles is 1. The topological polar surface area (TPSA) is 30.3 Å². The van der Waals surface area contributed by atoms with Crippen molar-refractivity contribution >= 4 is 0 Å². The van der Waals surface area contributed by atoms with Gasteiger partial charge < -0.3 is 4.90 Å². The number of benzene rings is 2. The van der Waals surface area contributed by atoms with Gasteiger partial charge in [-0.3, -0.25) is 4.90 Å². The number of likely N-dealkylation sites (N-methyl/N-ethyl adjacent to an activating group) is 1. The zero-order valence-corrected chi connectivity index (χ0v) is 16.0. The number of hydrogen-bond donors (Lipinski definition) is 0. The van der Waals surface area contributed by atoms with Crippen LogP contribution in [0, 0.1) is 11.3 Å². The third kappa shape index (κ3) is 4.52. The fraction of sp³-hybridized carbons (Fsp3) is 0.435. The van der Waals surface area contributed by atoms with Crippen molar-refractivity contribution in [2.75, 3.05) is 32.7 Å². The van der Waals surface area contributed by atoms with Crippen molar-refractivity contribution in [1.29, 1.82) is 5.26 Å². The van der Waals surface area contributed by atoms with E-state index in [4.69, 9.17) is 5.26 Å². The van der Waals surface area contributed by atoms with E-state index in [1.165, 1.54) is 30.6 Å². The van der Waals surface area contributed by atoms with Gasteiger partial charge in [0, 0.05) is 19.1 Å². The van der Waals surface area contributed by atoms with E-state index in [0.717, 1.165) is 37.7 Å². The van der Waals surface area contributed by atoms with Crippen molar-refractivity contribution in [3.8, 4) is 17.2 Å². The van der Waals surface area contributed by atoms with Crippen LogP contribution in [0.4, 0.5) is 0 Å². The molecule has 1 heterocycles. The van der Waals surface area contributed by atoms with E-state index in [1.54, 1.807) is 0 Å². The summed E-state index contributed by atoms with van der Waals surface area (Å²) in [5.74, 6) is 0. The molecule has 2 aromatic rings. The molecule has 1 saturated heterocycles. The molecule has 0 spiro atoms. The predicted octanol–water partition coefficient (Wildman–Crippen LogP) is 4.18. The number of likely N-dealkylation sites (tertiary alicyclic amines) is 1. The SMILES string of the molecule is CCN(CC)C1CCN(CCc2ccc(-c3ccc(C#N)cc3)cc2)C1. The third-order valence-corrected chi connectivity index (χ3v) is 5.59. The van der Waals surface area contributed by atoms with Gasteiger partial charge in [0.1, 0.15) is 0 Å². The Balaban J connectivity index is 1.53. The van der Waals surface area contributed by atoms with Crippen LogP contribution in [0.3, 0.4) is 0 Å². The summed E-state index contributed by atoms with van der Waals surface area (Å²) in [6.45, 7) is 10.4. The normalized spacial score (nSPS) is 17.5. The highest BCUT2D eigenvalue weighted by Crippen LogP contribution is 2.21. The van der Waals surface area contributed by atoms with E-state index >= 15 is 0 Å². The van der Waals surface area contributed by atoms with E-state index in [-0.39, 0.29) is 0 Å². The highest BCUT2D eigenvalue weighted by Gasteiger charge is 2.25. The second-order valence-electron chi connectivity index (χ2n) is 7.10. The van der Waals surface area contributed by atoms with Crippen LogP contribution in [-0.2, 0) is 6.42 Å². The minimum Gasteiger partial charge on any atom is -0.301 e. The second-order valence-corrected chi connectivity index (χ2v) is 7.10. The molecule has 2 aromatic carbocycles. The zero-order valence-electron chi connectivity index (χ0n) is 16.0. The van der Waals surface area contributed by atoms with Crippen LogP contribution in [0.5, 0.6) is 0 Å². The van der Waals surface area contributed by atoms with E-state index in [1.807, 2.05) is 24.3 Å². The van der Waals surface area contributed by atoms with Crippen LogP contribution in [-0.4, -0.2) is 48.6 Å². The quantitative estimate of drug-likeness (QED) is 0.752. The first kappa shape index (κ1) is 18.6. The summed E-state index contributed by atoms with van der Waals surface area (Å²) in [5, 5.41) is 8.90. The van der Waals surface area contributed by atoms with Gasteiger partial charge in [-0.2, -0.15) is 5.26 Å². The summed E-state index contributed by atoms with van der Waals surface area (Å²) in [6.07, 6.45) is 2.41. The molecule has 1 fully saturated rings. The lowest BCUT2D eigenvalue weighted by Crippen LogP contribution is -2.37. The lowest BCUT2D eigenvalue weighted by atomic mass is 10.0. The van der Waals surface area contributed by atoms with Gasteiger partial charge in [-0.1, -0.05) is 50.2 Å². The second kappa shape index (κ2) is 8.98. The van der Waals surface area contributed by atoms with Crippen LogP contribution in [0.25, 0.3) is 11.1 Å². The molecular formula is C23H29N3. The molecule has 1 atom stereocenters. The molecule has 1 aliphatic heterocycles. The van der Waals surface area contributed by atoms with Gasteiger partial charge in [0.25, 0.3) is 0 Å². The maximum Gasteiger partial charge on any atom is 0.0991 e. The summed E-state index contributed by atoms with van der Waals surface area (Å²) >= 11 is 0. The molecule has 3 rings (SSSR count). The highest BCUT2D eigenvalue weighted by atomic mass is 15.2. The van der Waals surface area contributed by atoms with Crippen LogP contribution >= 0.6 is 0 Å². The lowest BCUT2D eigenvalue weighted by molar-refractivity contribution is 0.211. The third-order valence-electron chi connectivity index (χ3n) is 5.59. The van der Waals surface area contributed by atoms with Crippen molar-refractivity contribution in [2.45, 2.75) is 32.7 Å². The fourth-order valence-corrected chi connectivity index (χ4v) is 3.94. The molecule has 1 unspecified atom stereocenters. The Morgan fingerprint density at radius 3 is 2.19 bits per heavy atom. The molecule has 0 aliphatic carbocycles. The molecule has 136 valence electrons. The summed E-state index contributed by atoms with van der Waals surface area (Å²) < 4.78 is 0. The Kier molecular flexibility index (Phi) is 6.44. The first-order valence-corrected chi connectivity index (χ1v) is 9.79. The lowest BCUT2D eigenvalue weighted by Gasteiger charge is -2.26. The number of hydrogen-bond acceptors (Lipinski definition) is 3. The Hall–Kier alpha value is -2.15. The molecule has 3 nitrogen and oxygen atoms in total. The first-order valence-electron chi connectivity index (χ1n) is 9.79. The summed E-state index contributed by atoms with van der Waals surface area (Å²) in [7, 11) is 0. The maximum atomic E-state index is 8.90. The van der Waals surface area contributed by atoms with E-state index in [2.05, 4.69) is 54.0 Å². The van der Waals surface area contributed by atoms with Crippen LogP contribution in [0.15, 0.2) is 48.5 Å². The molecule has 0 aromatic heterocycles. The fourth-order valence-electron chi connectivity index (χ4n) is 3.94. The molecular weight excluding hydrogens is 318 g/mol. The Morgan fingerprint density at radius 1 is 1.00 bits per heavy atom. The molecule has 0 saturated carbocycles. The van der Waals surface area contributed by atoms with E-state index in [0.29, 0.717) is 5.56 Å². The van der Waals surface area contributed by atoms with Crippen molar-refractivity contribution in [2.24, 2.45) is 0 Å². The van der Waals surface area contributed by atoms with Gasteiger partial charge >= 0.3 is 0 Å². The molecule has 1 aliphatic rings.